The fourth-order valence-electron chi connectivity index (χ4n) is 2.30. The summed E-state index contributed by atoms with van der Waals surface area (Å²) in [4.78, 5) is 17.2. The summed E-state index contributed by atoms with van der Waals surface area (Å²) in [6.07, 6.45) is 5.00. The highest BCUT2D eigenvalue weighted by molar-refractivity contribution is 5.74. The summed E-state index contributed by atoms with van der Waals surface area (Å²) in [5.41, 5.74) is 0.640. The average molecular weight is 218 g/mol. The van der Waals surface area contributed by atoms with Crippen LogP contribution in [0.3, 0.4) is 0 Å². The van der Waals surface area contributed by atoms with Gasteiger partial charge < -0.3 is 4.90 Å². The zero-order valence-corrected chi connectivity index (χ0v) is 9.89. The number of nitrogens with zero attached hydrogens (tertiary/aromatic N) is 2. The van der Waals surface area contributed by atoms with Crippen molar-refractivity contribution in [1.82, 2.24) is 4.98 Å². The van der Waals surface area contributed by atoms with Crippen LogP contribution in [0.2, 0.25) is 0 Å². The molecule has 1 saturated heterocycles. The number of piperidine rings is 1. The lowest BCUT2D eigenvalue weighted by Gasteiger charge is -2.38. The van der Waals surface area contributed by atoms with Crippen LogP contribution in [0.15, 0.2) is 18.3 Å². The second-order valence-corrected chi connectivity index (χ2v) is 4.62. The molecule has 0 aromatic carbocycles. The molecule has 0 aliphatic carbocycles. The number of aromatic nitrogens is 1. The molecule has 2 unspecified atom stereocenters. The minimum atomic E-state index is 0.531. The van der Waals surface area contributed by atoms with Crippen LogP contribution in [0.4, 0.5) is 5.82 Å². The van der Waals surface area contributed by atoms with E-state index in [0.717, 1.165) is 18.6 Å². The lowest BCUT2D eigenvalue weighted by molar-refractivity contribution is 0.112. The number of carbonyl (C=O) groups excluding carboxylic acids is 1. The maximum absolute atomic E-state index is 10.6. The van der Waals surface area contributed by atoms with Crippen LogP contribution in [-0.2, 0) is 0 Å². The van der Waals surface area contributed by atoms with E-state index in [1.54, 1.807) is 6.20 Å². The van der Waals surface area contributed by atoms with E-state index >= 15 is 0 Å². The predicted octanol–water partition coefficient (Wildman–Crippen LogP) is 2.52. The third-order valence-corrected chi connectivity index (χ3v) is 3.57. The van der Waals surface area contributed by atoms with Gasteiger partial charge in [0.05, 0.1) is 0 Å². The minimum absolute atomic E-state index is 0.531. The van der Waals surface area contributed by atoms with Crippen molar-refractivity contribution in [2.45, 2.75) is 32.7 Å². The first-order valence-corrected chi connectivity index (χ1v) is 5.90. The molecule has 0 amide bonds. The lowest BCUT2D eigenvalue weighted by Crippen LogP contribution is -2.42. The highest BCUT2D eigenvalue weighted by Crippen LogP contribution is 2.26. The molecule has 2 heterocycles. The zero-order valence-electron chi connectivity index (χ0n) is 9.89. The van der Waals surface area contributed by atoms with Crippen LogP contribution in [-0.4, -0.2) is 23.9 Å². The van der Waals surface area contributed by atoms with Crippen molar-refractivity contribution in [3.05, 3.63) is 23.9 Å². The SMILES string of the molecule is CC1CCCN(c2ccc(C=O)cn2)C1C. The van der Waals surface area contributed by atoms with Gasteiger partial charge in [0.25, 0.3) is 0 Å². The van der Waals surface area contributed by atoms with E-state index in [9.17, 15) is 4.79 Å². The number of rotatable bonds is 2. The Labute approximate surface area is 96.5 Å². The highest BCUT2D eigenvalue weighted by Gasteiger charge is 2.25. The number of aldehydes is 1. The molecule has 1 aliphatic rings. The van der Waals surface area contributed by atoms with E-state index in [2.05, 4.69) is 23.7 Å². The van der Waals surface area contributed by atoms with Crippen molar-refractivity contribution in [2.24, 2.45) is 5.92 Å². The minimum Gasteiger partial charge on any atom is -0.354 e. The maximum Gasteiger partial charge on any atom is 0.151 e. The second-order valence-electron chi connectivity index (χ2n) is 4.62. The van der Waals surface area contributed by atoms with Crippen LogP contribution >= 0.6 is 0 Å². The number of carbonyl (C=O) groups is 1. The van der Waals surface area contributed by atoms with E-state index < -0.39 is 0 Å². The number of anilines is 1. The van der Waals surface area contributed by atoms with Gasteiger partial charge in [0, 0.05) is 24.3 Å². The first-order chi connectivity index (χ1) is 7.72. The molecule has 2 atom stereocenters. The Morgan fingerprint density at radius 1 is 1.44 bits per heavy atom. The predicted molar refractivity (Wildman–Crippen MR) is 64.8 cm³/mol. The number of hydrogen-bond acceptors (Lipinski definition) is 3. The molecule has 86 valence electrons. The third kappa shape index (κ3) is 2.08. The first kappa shape index (κ1) is 11.1. The summed E-state index contributed by atoms with van der Waals surface area (Å²) in [7, 11) is 0. The van der Waals surface area contributed by atoms with Gasteiger partial charge in [0.2, 0.25) is 0 Å². The van der Waals surface area contributed by atoms with Crippen molar-refractivity contribution >= 4 is 12.1 Å². The molecule has 0 bridgehead atoms. The molecular weight excluding hydrogens is 200 g/mol. The molecule has 1 aliphatic heterocycles. The second kappa shape index (κ2) is 4.64. The summed E-state index contributed by atoms with van der Waals surface area (Å²) >= 11 is 0. The Bertz CT molecular complexity index is 361. The van der Waals surface area contributed by atoms with E-state index in [-0.39, 0.29) is 0 Å². The molecule has 0 radical (unpaired) electrons. The topological polar surface area (TPSA) is 33.2 Å². The number of pyridine rings is 1. The third-order valence-electron chi connectivity index (χ3n) is 3.57. The van der Waals surface area contributed by atoms with E-state index in [1.807, 2.05) is 12.1 Å². The number of hydrogen-bond donors (Lipinski definition) is 0. The van der Waals surface area contributed by atoms with E-state index in [0.29, 0.717) is 17.5 Å². The maximum atomic E-state index is 10.6. The summed E-state index contributed by atoms with van der Waals surface area (Å²) in [6.45, 7) is 5.61. The van der Waals surface area contributed by atoms with Crippen LogP contribution in [0.25, 0.3) is 0 Å². The van der Waals surface area contributed by atoms with Gasteiger partial charge >= 0.3 is 0 Å². The average Bonchev–Trinajstić information content (AvgIpc) is 2.33. The van der Waals surface area contributed by atoms with E-state index in [4.69, 9.17) is 0 Å². The molecule has 1 fully saturated rings. The molecule has 1 aromatic rings. The van der Waals surface area contributed by atoms with Crippen LogP contribution < -0.4 is 4.90 Å². The van der Waals surface area contributed by atoms with Crippen molar-refractivity contribution in [2.75, 3.05) is 11.4 Å². The standard InChI is InChI=1S/C13H18N2O/c1-10-4-3-7-15(11(10)2)13-6-5-12(9-16)8-14-13/h5-6,8-11H,3-4,7H2,1-2H3. The van der Waals surface area contributed by atoms with Crippen molar-refractivity contribution in [1.29, 1.82) is 0 Å². The highest BCUT2D eigenvalue weighted by atomic mass is 16.1. The molecule has 2 rings (SSSR count). The van der Waals surface area contributed by atoms with Crippen LogP contribution in [0, 0.1) is 5.92 Å². The van der Waals surface area contributed by atoms with Gasteiger partial charge in [-0.1, -0.05) is 6.92 Å². The van der Waals surface area contributed by atoms with Gasteiger partial charge in [-0.25, -0.2) is 4.98 Å². The van der Waals surface area contributed by atoms with Gasteiger partial charge in [-0.2, -0.15) is 0 Å². The van der Waals surface area contributed by atoms with Gasteiger partial charge in [0.15, 0.2) is 6.29 Å². The molecule has 0 spiro atoms. The van der Waals surface area contributed by atoms with Crippen LogP contribution in [0.1, 0.15) is 37.0 Å². The van der Waals surface area contributed by atoms with Crippen molar-refractivity contribution in [3.8, 4) is 0 Å². The van der Waals surface area contributed by atoms with Gasteiger partial charge in [0.1, 0.15) is 5.82 Å². The monoisotopic (exact) mass is 218 g/mol. The normalized spacial score (nSPS) is 25.5. The van der Waals surface area contributed by atoms with Gasteiger partial charge in [-0.05, 0) is 37.8 Å². The molecule has 1 aromatic heterocycles. The van der Waals surface area contributed by atoms with Gasteiger partial charge in [-0.15, -0.1) is 0 Å². The van der Waals surface area contributed by atoms with E-state index in [1.165, 1.54) is 12.8 Å². The molecular formula is C13H18N2O. The largest absolute Gasteiger partial charge is 0.354 e. The smallest absolute Gasteiger partial charge is 0.151 e. The summed E-state index contributed by atoms with van der Waals surface area (Å²) in [5.74, 6) is 1.70. The summed E-state index contributed by atoms with van der Waals surface area (Å²) < 4.78 is 0. The fraction of sp³-hybridized carbons (Fsp3) is 0.538. The Hall–Kier alpha value is -1.38. The fourth-order valence-corrected chi connectivity index (χ4v) is 2.30. The Morgan fingerprint density at radius 2 is 2.25 bits per heavy atom. The van der Waals surface area contributed by atoms with Gasteiger partial charge in [-0.3, -0.25) is 4.79 Å². The Balaban J connectivity index is 2.18. The Kier molecular flexibility index (Phi) is 3.22. The quantitative estimate of drug-likeness (QED) is 0.715. The van der Waals surface area contributed by atoms with Crippen LogP contribution in [0.5, 0.6) is 0 Å². The molecule has 3 heteroatoms. The molecule has 16 heavy (non-hydrogen) atoms. The first-order valence-electron chi connectivity index (χ1n) is 5.90. The Morgan fingerprint density at radius 3 is 2.88 bits per heavy atom. The van der Waals surface area contributed by atoms with Crippen molar-refractivity contribution in [3.63, 3.8) is 0 Å². The summed E-state index contributed by atoms with van der Waals surface area (Å²) in [5, 5.41) is 0. The van der Waals surface area contributed by atoms with Crippen molar-refractivity contribution < 1.29 is 4.79 Å². The molecule has 3 nitrogen and oxygen atoms in total. The zero-order chi connectivity index (χ0) is 11.5. The lowest BCUT2D eigenvalue weighted by atomic mass is 9.92. The molecule has 0 saturated carbocycles. The summed E-state index contributed by atoms with van der Waals surface area (Å²) in [6, 6.07) is 4.31. The molecule has 0 N–H and O–H groups in total.